The van der Waals surface area contributed by atoms with Crippen LogP contribution in [0.4, 0.5) is 0 Å². The summed E-state index contributed by atoms with van der Waals surface area (Å²) in [6, 6.07) is 8.08. The zero-order chi connectivity index (χ0) is 9.26. The van der Waals surface area contributed by atoms with Gasteiger partial charge in [-0.2, -0.15) is 0 Å². The van der Waals surface area contributed by atoms with Crippen molar-refractivity contribution in [3.63, 3.8) is 0 Å². The number of halogens is 1. The van der Waals surface area contributed by atoms with Gasteiger partial charge in [0.1, 0.15) is 12.0 Å². The minimum atomic E-state index is 0.519. The fraction of sp³-hybridized carbons (Fsp3) is 0.100. The first kappa shape index (κ1) is 8.51. The van der Waals surface area contributed by atoms with E-state index in [4.69, 9.17) is 4.42 Å². The number of benzene rings is 1. The Labute approximate surface area is 84.7 Å². The van der Waals surface area contributed by atoms with Crippen molar-refractivity contribution >= 4 is 15.9 Å². The largest absolute Gasteiger partial charge is 0.439 e. The van der Waals surface area contributed by atoms with E-state index in [1.807, 2.05) is 18.2 Å². The third-order valence-electron chi connectivity index (χ3n) is 1.90. The van der Waals surface area contributed by atoms with Gasteiger partial charge in [0.15, 0.2) is 0 Å². The molecule has 0 aliphatic heterocycles. The lowest BCUT2D eigenvalue weighted by Gasteiger charge is -1.98. The molecule has 0 aliphatic rings. The zero-order valence-corrected chi connectivity index (χ0v) is 8.71. The van der Waals surface area contributed by atoms with E-state index in [-0.39, 0.29) is 0 Å². The van der Waals surface area contributed by atoms with Crippen molar-refractivity contribution < 1.29 is 4.42 Å². The first-order valence-corrected chi connectivity index (χ1v) is 4.74. The van der Waals surface area contributed by atoms with Crippen molar-refractivity contribution in [3.05, 3.63) is 40.9 Å². The van der Waals surface area contributed by atoms with E-state index in [9.17, 15) is 0 Å². The molecule has 0 atom stereocenters. The third kappa shape index (κ3) is 1.65. The zero-order valence-electron chi connectivity index (χ0n) is 7.12. The van der Waals surface area contributed by atoms with Crippen molar-refractivity contribution in [2.75, 3.05) is 0 Å². The highest BCUT2D eigenvalue weighted by Gasteiger charge is 2.05. The van der Waals surface area contributed by atoms with Crippen LogP contribution in [0, 0.1) is 6.92 Å². The van der Waals surface area contributed by atoms with Gasteiger partial charge in [0, 0.05) is 21.5 Å². The Bertz CT molecular complexity index is 422. The molecular weight excluding hydrogens is 230 g/mol. The topological polar surface area (TPSA) is 26.0 Å². The summed E-state index contributed by atoms with van der Waals surface area (Å²) < 4.78 is 5.08. The minimum absolute atomic E-state index is 0.519. The van der Waals surface area contributed by atoms with E-state index < -0.39 is 0 Å². The van der Waals surface area contributed by atoms with Gasteiger partial charge in [-0.15, -0.1) is 0 Å². The Hall–Kier alpha value is -1.09. The predicted octanol–water partition coefficient (Wildman–Crippen LogP) is 3.41. The minimum Gasteiger partial charge on any atom is -0.439 e. The van der Waals surface area contributed by atoms with Gasteiger partial charge in [-0.05, 0) is 12.5 Å². The summed E-state index contributed by atoms with van der Waals surface area (Å²) in [7, 11) is 0. The molecule has 13 heavy (non-hydrogen) atoms. The molecule has 0 spiro atoms. The summed E-state index contributed by atoms with van der Waals surface area (Å²) in [4.78, 5) is 4.71. The van der Waals surface area contributed by atoms with Crippen LogP contribution in [0.15, 0.2) is 39.7 Å². The summed E-state index contributed by atoms with van der Waals surface area (Å²) in [6.45, 7) is 2.05. The molecule has 1 heterocycles. The molecule has 0 saturated carbocycles. The number of hydrogen-bond acceptors (Lipinski definition) is 2. The standard InChI is InChI=1S/C10H8BrNO/c1-7-4-2-3-5-8(7)9-6-13-10(11)12-9/h2-6H,1H3. The van der Waals surface area contributed by atoms with Gasteiger partial charge in [-0.25, -0.2) is 4.98 Å². The van der Waals surface area contributed by atoms with E-state index in [0.717, 1.165) is 11.3 Å². The van der Waals surface area contributed by atoms with Crippen LogP contribution in [0.5, 0.6) is 0 Å². The summed E-state index contributed by atoms with van der Waals surface area (Å²) in [5, 5.41) is 0. The van der Waals surface area contributed by atoms with Crippen molar-refractivity contribution in [1.82, 2.24) is 4.98 Å². The summed E-state index contributed by atoms with van der Waals surface area (Å²) in [6.07, 6.45) is 1.65. The summed E-state index contributed by atoms with van der Waals surface area (Å²) >= 11 is 3.18. The van der Waals surface area contributed by atoms with Crippen molar-refractivity contribution in [1.29, 1.82) is 0 Å². The fourth-order valence-electron chi connectivity index (χ4n) is 1.24. The first-order valence-electron chi connectivity index (χ1n) is 3.94. The van der Waals surface area contributed by atoms with Gasteiger partial charge in [0.25, 0.3) is 4.80 Å². The Kier molecular flexibility index (Phi) is 2.19. The Morgan fingerprint density at radius 2 is 2.08 bits per heavy atom. The molecule has 0 amide bonds. The fourth-order valence-corrected chi connectivity index (χ4v) is 1.52. The maximum Gasteiger partial charge on any atom is 0.264 e. The van der Waals surface area contributed by atoms with Gasteiger partial charge in [0.2, 0.25) is 0 Å². The second-order valence-corrected chi connectivity index (χ2v) is 3.48. The van der Waals surface area contributed by atoms with E-state index in [1.165, 1.54) is 5.56 Å². The van der Waals surface area contributed by atoms with E-state index in [0.29, 0.717) is 4.80 Å². The number of rotatable bonds is 1. The predicted molar refractivity (Wildman–Crippen MR) is 54.4 cm³/mol. The van der Waals surface area contributed by atoms with Gasteiger partial charge in [-0.3, -0.25) is 0 Å². The monoisotopic (exact) mass is 237 g/mol. The van der Waals surface area contributed by atoms with Crippen molar-refractivity contribution in [2.45, 2.75) is 6.92 Å². The molecule has 2 nitrogen and oxygen atoms in total. The molecular formula is C10H8BrNO. The van der Waals surface area contributed by atoms with Crippen molar-refractivity contribution in [3.8, 4) is 11.3 Å². The molecule has 0 radical (unpaired) electrons. The average molecular weight is 238 g/mol. The molecule has 0 aliphatic carbocycles. The molecule has 0 bridgehead atoms. The Morgan fingerprint density at radius 1 is 1.31 bits per heavy atom. The average Bonchev–Trinajstić information content (AvgIpc) is 2.53. The lowest BCUT2D eigenvalue weighted by molar-refractivity contribution is 0.529. The molecule has 0 fully saturated rings. The van der Waals surface area contributed by atoms with E-state index in [2.05, 4.69) is 33.9 Å². The maximum absolute atomic E-state index is 5.08. The van der Waals surface area contributed by atoms with Crippen LogP contribution < -0.4 is 0 Å². The van der Waals surface area contributed by atoms with Crippen LogP contribution >= 0.6 is 15.9 Å². The molecule has 2 rings (SSSR count). The molecule has 0 N–H and O–H groups in total. The molecule has 66 valence electrons. The van der Waals surface area contributed by atoms with Crippen LogP contribution in [-0.4, -0.2) is 4.98 Å². The molecule has 1 aromatic heterocycles. The SMILES string of the molecule is Cc1ccccc1-c1coc(Br)n1. The number of aryl methyl sites for hydroxylation is 1. The number of aromatic nitrogens is 1. The van der Waals surface area contributed by atoms with Crippen LogP contribution in [0.1, 0.15) is 5.56 Å². The van der Waals surface area contributed by atoms with Gasteiger partial charge in [0.05, 0.1) is 0 Å². The molecule has 3 heteroatoms. The van der Waals surface area contributed by atoms with Gasteiger partial charge in [-0.1, -0.05) is 24.3 Å². The summed E-state index contributed by atoms with van der Waals surface area (Å²) in [5.41, 5.74) is 3.17. The van der Waals surface area contributed by atoms with Crippen LogP contribution in [0.2, 0.25) is 0 Å². The van der Waals surface area contributed by atoms with E-state index in [1.54, 1.807) is 6.26 Å². The Morgan fingerprint density at radius 3 is 2.69 bits per heavy atom. The molecule has 1 aromatic carbocycles. The second-order valence-electron chi connectivity index (χ2n) is 2.80. The highest BCUT2D eigenvalue weighted by molar-refractivity contribution is 9.10. The van der Waals surface area contributed by atoms with Crippen LogP contribution in [-0.2, 0) is 0 Å². The lowest BCUT2D eigenvalue weighted by atomic mass is 10.1. The highest BCUT2D eigenvalue weighted by Crippen LogP contribution is 2.23. The smallest absolute Gasteiger partial charge is 0.264 e. The molecule has 2 aromatic rings. The maximum atomic E-state index is 5.08. The molecule has 0 saturated heterocycles. The van der Waals surface area contributed by atoms with Crippen LogP contribution in [0.3, 0.4) is 0 Å². The second kappa shape index (κ2) is 3.34. The first-order chi connectivity index (χ1) is 6.27. The van der Waals surface area contributed by atoms with Gasteiger partial charge >= 0.3 is 0 Å². The summed E-state index contributed by atoms with van der Waals surface area (Å²) in [5.74, 6) is 0. The van der Waals surface area contributed by atoms with Crippen LogP contribution in [0.25, 0.3) is 11.3 Å². The lowest BCUT2D eigenvalue weighted by Crippen LogP contribution is -1.81. The van der Waals surface area contributed by atoms with E-state index >= 15 is 0 Å². The quantitative estimate of drug-likeness (QED) is 0.760. The highest BCUT2D eigenvalue weighted by atomic mass is 79.9. The molecule has 0 unspecified atom stereocenters. The van der Waals surface area contributed by atoms with Crippen molar-refractivity contribution in [2.24, 2.45) is 0 Å². The normalized spacial score (nSPS) is 10.3. The van der Waals surface area contributed by atoms with Gasteiger partial charge < -0.3 is 4.42 Å². The third-order valence-corrected chi connectivity index (χ3v) is 2.26. The number of hydrogen-bond donors (Lipinski definition) is 0. The Balaban J connectivity index is 2.52. The number of nitrogens with zero attached hydrogens (tertiary/aromatic N) is 1. The number of oxazole rings is 1.